The molecule has 1 fully saturated rings. The lowest BCUT2D eigenvalue weighted by molar-refractivity contribution is -0.132. The second kappa shape index (κ2) is 9.43. The minimum absolute atomic E-state index is 0. The lowest BCUT2D eigenvalue weighted by atomic mass is 9.97. The third kappa shape index (κ3) is 5.31. The Morgan fingerprint density at radius 3 is 2.68 bits per heavy atom. The van der Waals surface area contributed by atoms with Gasteiger partial charge in [0.2, 0.25) is 5.91 Å². The average Bonchev–Trinajstić information content (AvgIpc) is 2.54. The molecule has 5 nitrogen and oxygen atoms in total. The second-order valence-corrected chi connectivity index (χ2v) is 5.46. The van der Waals surface area contributed by atoms with Gasteiger partial charge in [-0.1, -0.05) is 18.2 Å². The molecule has 22 heavy (non-hydrogen) atoms. The van der Waals surface area contributed by atoms with Crippen molar-refractivity contribution in [1.29, 1.82) is 0 Å². The van der Waals surface area contributed by atoms with Gasteiger partial charge in [-0.15, -0.1) is 12.4 Å². The van der Waals surface area contributed by atoms with E-state index in [2.05, 4.69) is 5.32 Å². The highest BCUT2D eigenvalue weighted by Gasteiger charge is 2.23. The maximum atomic E-state index is 12.0. The molecule has 1 heterocycles. The number of carbonyl (C=O) groups is 2. The molecule has 2 amide bonds. The van der Waals surface area contributed by atoms with Gasteiger partial charge in [-0.25, -0.2) is 0 Å². The lowest BCUT2D eigenvalue weighted by Gasteiger charge is -2.33. The number of nitrogens with zero attached hydrogens (tertiary/aromatic N) is 1. The van der Waals surface area contributed by atoms with Crippen LogP contribution in [0.25, 0.3) is 0 Å². The normalized spacial score (nSPS) is 17.5. The topological polar surface area (TPSA) is 75.4 Å². The number of piperidine rings is 1. The van der Waals surface area contributed by atoms with Gasteiger partial charge in [0.05, 0.1) is 0 Å². The molecule has 0 bridgehead atoms. The van der Waals surface area contributed by atoms with Crippen LogP contribution in [0.3, 0.4) is 0 Å². The van der Waals surface area contributed by atoms with Crippen molar-refractivity contribution in [2.24, 2.45) is 11.7 Å². The highest BCUT2D eigenvalue weighted by molar-refractivity contribution is 5.94. The number of likely N-dealkylation sites (tertiary alicyclic amines) is 1. The minimum Gasteiger partial charge on any atom is -0.352 e. The van der Waals surface area contributed by atoms with E-state index in [1.54, 1.807) is 12.1 Å². The zero-order valence-corrected chi connectivity index (χ0v) is 13.5. The van der Waals surface area contributed by atoms with Crippen LogP contribution in [0.4, 0.5) is 0 Å². The zero-order valence-electron chi connectivity index (χ0n) is 12.7. The van der Waals surface area contributed by atoms with E-state index in [1.807, 2.05) is 23.1 Å². The summed E-state index contributed by atoms with van der Waals surface area (Å²) in [6.07, 6.45) is 2.44. The maximum Gasteiger partial charge on any atom is 0.251 e. The van der Waals surface area contributed by atoms with Crippen molar-refractivity contribution in [2.75, 3.05) is 26.2 Å². The molecule has 122 valence electrons. The second-order valence-electron chi connectivity index (χ2n) is 5.46. The maximum absolute atomic E-state index is 12.0. The van der Waals surface area contributed by atoms with E-state index < -0.39 is 0 Å². The molecule has 1 aliphatic heterocycles. The van der Waals surface area contributed by atoms with Gasteiger partial charge in [-0.3, -0.25) is 9.59 Å². The number of benzene rings is 1. The number of hydrogen-bond donors (Lipinski definition) is 2. The summed E-state index contributed by atoms with van der Waals surface area (Å²) in [5, 5.41) is 2.96. The molecule has 1 atom stereocenters. The fourth-order valence-electron chi connectivity index (χ4n) is 2.67. The number of carbonyl (C=O) groups excluding carboxylic acids is 2. The Morgan fingerprint density at radius 2 is 2.00 bits per heavy atom. The predicted octanol–water partition coefficient (Wildman–Crippen LogP) is 1.43. The van der Waals surface area contributed by atoms with E-state index in [-0.39, 0.29) is 24.2 Å². The molecule has 3 N–H and O–H groups in total. The van der Waals surface area contributed by atoms with Crippen molar-refractivity contribution < 1.29 is 9.59 Å². The van der Waals surface area contributed by atoms with E-state index in [1.165, 1.54) is 0 Å². The van der Waals surface area contributed by atoms with Crippen LogP contribution in [0.5, 0.6) is 0 Å². The molecule has 0 spiro atoms. The van der Waals surface area contributed by atoms with Crippen molar-refractivity contribution in [3.05, 3.63) is 35.9 Å². The van der Waals surface area contributed by atoms with Crippen LogP contribution in [-0.4, -0.2) is 42.9 Å². The number of hydrogen-bond acceptors (Lipinski definition) is 3. The summed E-state index contributed by atoms with van der Waals surface area (Å²) in [6, 6.07) is 9.19. The summed E-state index contributed by atoms with van der Waals surface area (Å²) < 4.78 is 0. The first-order valence-corrected chi connectivity index (χ1v) is 7.52. The molecule has 1 unspecified atom stereocenters. The van der Waals surface area contributed by atoms with Crippen LogP contribution in [-0.2, 0) is 4.79 Å². The van der Waals surface area contributed by atoms with Crippen molar-refractivity contribution in [3.63, 3.8) is 0 Å². The van der Waals surface area contributed by atoms with E-state index in [0.717, 1.165) is 19.4 Å². The molecule has 2 rings (SSSR count). The van der Waals surface area contributed by atoms with Crippen LogP contribution < -0.4 is 11.1 Å². The van der Waals surface area contributed by atoms with Gasteiger partial charge >= 0.3 is 0 Å². The molecule has 0 saturated carbocycles. The number of amides is 2. The highest BCUT2D eigenvalue weighted by atomic mass is 35.5. The summed E-state index contributed by atoms with van der Waals surface area (Å²) in [5.74, 6) is 0.394. The van der Waals surface area contributed by atoms with E-state index in [9.17, 15) is 9.59 Å². The Bertz CT molecular complexity index is 482. The van der Waals surface area contributed by atoms with Crippen LogP contribution in [0.15, 0.2) is 30.3 Å². The summed E-state index contributed by atoms with van der Waals surface area (Å²) >= 11 is 0. The molecule has 0 aromatic heterocycles. The van der Waals surface area contributed by atoms with Crippen LogP contribution in [0, 0.1) is 5.92 Å². The molecule has 1 aromatic rings. The summed E-state index contributed by atoms with van der Waals surface area (Å²) in [4.78, 5) is 25.7. The Hall–Kier alpha value is -1.59. The third-order valence-electron chi connectivity index (χ3n) is 3.82. The van der Waals surface area contributed by atoms with Gasteiger partial charge in [0.15, 0.2) is 0 Å². The molecule has 6 heteroatoms. The Kier molecular flexibility index (Phi) is 7.91. The van der Waals surface area contributed by atoms with Crippen LogP contribution in [0.1, 0.15) is 29.6 Å². The van der Waals surface area contributed by atoms with Gasteiger partial charge in [-0.05, 0) is 30.9 Å². The summed E-state index contributed by atoms with van der Waals surface area (Å²) in [5.41, 5.74) is 6.10. The average molecular weight is 326 g/mol. The van der Waals surface area contributed by atoms with Gasteiger partial charge in [0.1, 0.15) is 0 Å². The van der Waals surface area contributed by atoms with Crippen LogP contribution in [0.2, 0.25) is 0 Å². The van der Waals surface area contributed by atoms with Crippen molar-refractivity contribution >= 4 is 24.2 Å². The Balaban J connectivity index is 0.00000242. The monoisotopic (exact) mass is 325 g/mol. The summed E-state index contributed by atoms with van der Waals surface area (Å²) in [6.45, 7) is 2.53. The minimum atomic E-state index is -0.0546. The third-order valence-corrected chi connectivity index (χ3v) is 3.82. The highest BCUT2D eigenvalue weighted by Crippen LogP contribution is 2.16. The lowest BCUT2D eigenvalue weighted by Crippen LogP contribution is -2.44. The first-order chi connectivity index (χ1) is 10.2. The molecule has 1 aromatic carbocycles. The van der Waals surface area contributed by atoms with E-state index in [4.69, 9.17) is 5.73 Å². The van der Waals surface area contributed by atoms with Crippen molar-refractivity contribution in [1.82, 2.24) is 10.2 Å². The number of halogens is 1. The molecular formula is C16H24ClN3O2. The molecule has 1 aliphatic rings. The fraction of sp³-hybridized carbons (Fsp3) is 0.500. The molecular weight excluding hydrogens is 302 g/mol. The quantitative estimate of drug-likeness (QED) is 0.860. The standard InChI is InChI=1S/C16H23N3O2.ClH/c17-9-8-15(20)19-10-4-5-13(12-19)11-18-16(21)14-6-2-1-3-7-14;/h1-3,6-7,13H,4-5,8-12,17H2,(H,18,21);1H. The largest absolute Gasteiger partial charge is 0.352 e. The zero-order chi connectivity index (χ0) is 15.1. The molecule has 1 saturated heterocycles. The van der Waals surface area contributed by atoms with E-state index in [0.29, 0.717) is 37.5 Å². The molecule has 0 radical (unpaired) electrons. The van der Waals surface area contributed by atoms with Gasteiger partial charge in [0, 0.05) is 38.2 Å². The smallest absolute Gasteiger partial charge is 0.251 e. The van der Waals surface area contributed by atoms with Crippen LogP contribution >= 0.6 is 12.4 Å². The summed E-state index contributed by atoms with van der Waals surface area (Å²) in [7, 11) is 0. The predicted molar refractivity (Wildman–Crippen MR) is 89.0 cm³/mol. The molecule has 0 aliphatic carbocycles. The van der Waals surface area contributed by atoms with Gasteiger partial charge < -0.3 is 16.0 Å². The SMILES string of the molecule is Cl.NCCC(=O)N1CCCC(CNC(=O)c2ccccc2)C1. The Labute approximate surface area is 137 Å². The number of nitrogens with one attached hydrogen (secondary N) is 1. The van der Waals surface area contributed by atoms with Gasteiger partial charge in [0.25, 0.3) is 5.91 Å². The number of rotatable bonds is 5. The number of nitrogens with two attached hydrogens (primary N) is 1. The first-order valence-electron chi connectivity index (χ1n) is 7.52. The fourth-order valence-corrected chi connectivity index (χ4v) is 2.67. The first kappa shape index (κ1) is 18.5. The van der Waals surface area contributed by atoms with E-state index >= 15 is 0 Å². The van der Waals surface area contributed by atoms with Crippen molar-refractivity contribution in [3.8, 4) is 0 Å². The van der Waals surface area contributed by atoms with Crippen molar-refractivity contribution in [2.45, 2.75) is 19.3 Å². The van der Waals surface area contributed by atoms with Gasteiger partial charge in [-0.2, -0.15) is 0 Å². The Morgan fingerprint density at radius 1 is 1.27 bits per heavy atom.